The van der Waals surface area contributed by atoms with Gasteiger partial charge in [0, 0.05) is 24.0 Å². The number of anilines is 2. The topological polar surface area (TPSA) is 73.7 Å². The Balaban J connectivity index is 1.33. The number of nitrogens with zero attached hydrogens (tertiary/aromatic N) is 3. The molecule has 2 aliphatic rings. The van der Waals surface area contributed by atoms with Crippen molar-refractivity contribution in [2.45, 2.75) is 71.3 Å². The van der Waals surface area contributed by atoms with Crippen LogP contribution in [0.15, 0.2) is 42.5 Å². The number of benzene rings is 1. The zero-order valence-corrected chi connectivity index (χ0v) is 21.7. The predicted octanol–water partition coefficient (Wildman–Crippen LogP) is 5.82. The molecule has 1 saturated carbocycles. The van der Waals surface area contributed by atoms with Gasteiger partial charge in [0.05, 0.1) is 5.69 Å². The summed E-state index contributed by atoms with van der Waals surface area (Å²) in [5.41, 5.74) is 5.17. The summed E-state index contributed by atoms with van der Waals surface area (Å²) >= 11 is 0. The molecule has 0 atom stereocenters. The van der Waals surface area contributed by atoms with E-state index in [0.29, 0.717) is 42.7 Å². The van der Waals surface area contributed by atoms with Crippen LogP contribution in [0.25, 0.3) is 0 Å². The molecule has 7 heteroatoms. The van der Waals surface area contributed by atoms with Gasteiger partial charge >= 0.3 is 0 Å². The molecule has 0 saturated heterocycles. The second kappa shape index (κ2) is 11.2. The molecular formula is C30H35N3O4. The van der Waals surface area contributed by atoms with E-state index in [1.54, 1.807) is 4.90 Å². The molecule has 37 heavy (non-hydrogen) atoms. The normalized spacial score (nSPS) is 15.3. The largest absolute Gasteiger partial charge is 0.490 e. The lowest BCUT2D eigenvalue weighted by Gasteiger charge is -2.27. The first kappa shape index (κ1) is 25.1. The number of ether oxygens (including phenoxy) is 2. The number of aromatic nitrogens is 2. The lowest BCUT2D eigenvalue weighted by molar-refractivity contribution is -0.129. The minimum absolute atomic E-state index is 0.364. The van der Waals surface area contributed by atoms with Crippen LogP contribution >= 0.6 is 0 Å². The Morgan fingerprint density at radius 1 is 1.03 bits per heavy atom. The minimum atomic E-state index is -0.547. The van der Waals surface area contributed by atoms with Gasteiger partial charge < -0.3 is 14.0 Å². The number of hydrogen-bond donors (Lipinski definition) is 0. The number of aryl methyl sites for hydroxylation is 3. The Labute approximate surface area is 218 Å². The fourth-order valence-corrected chi connectivity index (χ4v) is 5.72. The summed E-state index contributed by atoms with van der Waals surface area (Å²) in [6.45, 7) is 5.56. The first-order valence-electron chi connectivity index (χ1n) is 13.4. The highest BCUT2D eigenvalue weighted by Gasteiger charge is 2.31. The van der Waals surface area contributed by atoms with E-state index in [4.69, 9.17) is 9.47 Å². The summed E-state index contributed by atoms with van der Waals surface area (Å²) in [5, 5.41) is 0. The summed E-state index contributed by atoms with van der Waals surface area (Å²) in [4.78, 5) is 30.8. The van der Waals surface area contributed by atoms with Crippen LogP contribution < -0.4 is 14.4 Å². The van der Waals surface area contributed by atoms with Crippen molar-refractivity contribution in [3.05, 3.63) is 65.0 Å². The van der Waals surface area contributed by atoms with E-state index < -0.39 is 5.91 Å². The Kier molecular flexibility index (Phi) is 7.58. The highest BCUT2D eigenvalue weighted by molar-refractivity contribution is 6.32. The molecule has 1 aromatic carbocycles. The van der Waals surface area contributed by atoms with Gasteiger partial charge in [-0.2, -0.15) is 0 Å². The molecule has 0 bridgehead atoms. The maximum absolute atomic E-state index is 13.0. The van der Waals surface area contributed by atoms with E-state index in [1.165, 1.54) is 24.1 Å². The van der Waals surface area contributed by atoms with Crippen molar-refractivity contribution in [3.63, 3.8) is 0 Å². The van der Waals surface area contributed by atoms with Crippen molar-refractivity contribution in [3.8, 4) is 11.6 Å². The third kappa shape index (κ3) is 5.55. The molecule has 0 spiro atoms. The fraction of sp³-hybridized carbons (Fsp3) is 0.433. The summed E-state index contributed by atoms with van der Waals surface area (Å²) in [6.07, 6.45) is 8.35. The summed E-state index contributed by atoms with van der Waals surface area (Å²) in [5.74, 6) is 2.03. The zero-order chi connectivity index (χ0) is 25.8. The van der Waals surface area contributed by atoms with E-state index >= 15 is 0 Å². The molecule has 7 nitrogen and oxygen atoms in total. The molecule has 0 radical (unpaired) electrons. The van der Waals surface area contributed by atoms with E-state index in [0.717, 1.165) is 55.7 Å². The number of rotatable bonds is 9. The van der Waals surface area contributed by atoms with Gasteiger partial charge in [0.25, 0.3) is 5.91 Å². The maximum atomic E-state index is 13.0. The average molecular weight is 502 g/mol. The molecule has 1 aliphatic carbocycles. The minimum Gasteiger partial charge on any atom is -0.490 e. The van der Waals surface area contributed by atoms with Gasteiger partial charge in [-0.3, -0.25) is 14.5 Å². The number of carbonyl (C=O) groups is 2. The summed E-state index contributed by atoms with van der Waals surface area (Å²) in [7, 11) is 0. The number of amides is 1. The molecule has 0 unspecified atom stereocenters. The average Bonchev–Trinajstić information content (AvgIpc) is 3.56. The van der Waals surface area contributed by atoms with Crippen LogP contribution in [0.3, 0.4) is 0 Å². The standard InChI is InChI=1S/C30H35N3O4/c1-21-17-22(2)31-28(18-21)37-16-15-36-26-12-10-24(11-13-26)33(29(35)20-34)30-27(23-7-3-4-8-23)19-25-9-5-6-14-32(25)30/h10-13,17-20,23H,3-9,14-16H2,1-2H3. The molecule has 2 aromatic heterocycles. The lowest BCUT2D eigenvalue weighted by Crippen LogP contribution is -2.30. The van der Waals surface area contributed by atoms with Crippen molar-refractivity contribution in [1.29, 1.82) is 0 Å². The number of fused-ring (bicyclic) bond motifs is 1. The van der Waals surface area contributed by atoms with Crippen molar-refractivity contribution in [2.75, 3.05) is 18.1 Å². The van der Waals surface area contributed by atoms with Crippen molar-refractivity contribution in [1.82, 2.24) is 9.55 Å². The number of hydrogen-bond acceptors (Lipinski definition) is 5. The van der Waals surface area contributed by atoms with Crippen LogP contribution in [0.4, 0.5) is 11.5 Å². The molecule has 3 heterocycles. The van der Waals surface area contributed by atoms with Crippen LogP contribution in [0.2, 0.25) is 0 Å². The highest BCUT2D eigenvalue weighted by atomic mass is 16.5. The second-order valence-corrected chi connectivity index (χ2v) is 10.1. The first-order valence-corrected chi connectivity index (χ1v) is 13.4. The number of aldehydes is 1. The molecule has 1 fully saturated rings. The number of carbonyl (C=O) groups excluding carboxylic acids is 2. The van der Waals surface area contributed by atoms with Crippen LogP contribution in [0.5, 0.6) is 11.6 Å². The first-order chi connectivity index (χ1) is 18.0. The van der Waals surface area contributed by atoms with Crippen LogP contribution in [-0.2, 0) is 22.6 Å². The summed E-state index contributed by atoms with van der Waals surface area (Å²) < 4.78 is 13.9. The van der Waals surface area contributed by atoms with Gasteiger partial charge in [-0.05, 0) is 99.4 Å². The molecule has 5 rings (SSSR count). The van der Waals surface area contributed by atoms with Gasteiger partial charge in [-0.25, -0.2) is 4.98 Å². The van der Waals surface area contributed by atoms with Crippen LogP contribution in [-0.4, -0.2) is 35.0 Å². The van der Waals surface area contributed by atoms with Gasteiger partial charge in [-0.15, -0.1) is 0 Å². The molecule has 0 N–H and O–H groups in total. The Morgan fingerprint density at radius 2 is 1.78 bits per heavy atom. The third-order valence-corrected chi connectivity index (χ3v) is 7.35. The quantitative estimate of drug-likeness (QED) is 0.210. The monoisotopic (exact) mass is 501 g/mol. The molecule has 194 valence electrons. The van der Waals surface area contributed by atoms with E-state index in [1.807, 2.05) is 50.2 Å². The Morgan fingerprint density at radius 3 is 2.51 bits per heavy atom. The van der Waals surface area contributed by atoms with E-state index in [-0.39, 0.29) is 0 Å². The predicted molar refractivity (Wildman–Crippen MR) is 143 cm³/mol. The zero-order valence-electron chi connectivity index (χ0n) is 21.7. The van der Waals surface area contributed by atoms with E-state index in [9.17, 15) is 9.59 Å². The third-order valence-electron chi connectivity index (χ3n) is 7.35. The van der Waals surface area contributed by atoms with Gasteiger partial charge in [0.15, 0.2) is 0 Å². The Hall–Kier alpha value is -3.61. The second-order valence-electron chi connectivity index (χ2n) is 10.1. The molecule has 3 aromatic rings. The van der Waals surface area contributed by atoms with Crippen molar-refractivity contribution < 1.29 is 19.1 Å². The Bertz CT molecular complexity index is 1240. The fourth-order valence-electron chi connectivity index (χ4n) is 5.72. The molecular weight excluding hydrogens is 466 g/mol. The van der Waals surface area contributed by atoms with Gasteiger partial charge in [-0.1, -0.05) is 12.8 Å². The van der Waals surface area contributed by atoms with Crippen molar-refractivity contribution in [2.24, 2.45) is 0 Å². The van der Waals surface area contributed by atoms with Crippen LogP contribution in [0, 0.1) is 13.8 Å². The highest BCUT2D eigenvalue weighted by Crippen LogP contribution is 2.44. The van der Waals surface area contributed by atoms with E-state index in [2.05, 4.69) is 15.6 Å². The lowest BCUT2D eigenvalue weighted by atomic mass is 9.98. The number of pyridine rings is 1. The van der Waals surface area contributed by atoms with Gasteiger partial charge in [0.1, 0.15) is 24.8 Å². The molecule has 1 aliphatic heterocycles. The summed E-state index contributed by atoms with van der Waals surface area (Å²) in [6, 6.07) is 13.6. The van der Waals surface area contributed by atoms with Gasteiger partial charge in [0.2, 0.25) is 12.2 Å². The van der Waals surface area contributed by atoms with Crippen molar-refractivity contribution >= 4 is 23.7 Å². The SMILES string of the molecule is Cc1cc(C)nc(OCCOc2ccc(N(C(=O)C=O)c3c(C4CCCC4)cc4n3CCCC4)cc2)c1. The van der Waals surface area contributed by atoms with Crippen LogP contribution in [0.1, 0.15) is 67.0 Å². The molecule has 1 amide bonds. The maximum Gasteiger partial charge on any atom is 0.296 e. The smallest absolute Gasteiger partial charge is 0.296 e.